The third kappa shape index (κ3) is 3.54. The van der Waals surface area contributed by atoms with Crippen LogP contribution in [0.4, 0.5) is 0 Å². The molecule has 0 unspecified atom stereocenters. The molecule has 1 nitrogen and oxygen atoms in total. The first-order valence-electron chi connectivity index (χ1n) is 11.3. The summed E-state index contributed by atoms with van der Waals surface area (Å²) in [4.78, 5) is 0. The van der Waals surface area contributed by atoms with E-state index in [0.717, 1.165) is 0 Å². The summed E-state index contributed by atoms with van der Waals surface area (Å²) in [6, 6.07) is 45.2. The van der Waals surface area contributed by atoms with Crippen LogP contribution in [0.25, 0.3) is 50.8 Å². The average molecular weight is 422 g/mol. The fourth-order valence-corrected chi connectivity index (χ4v) is 4.64. The Balaban J connectivity index is 1.37. The van der Waals surface area contributed by atoms with Crippen molar-refractivity contribution >= 4 is 34.0 Å². The van der Waals surface area contributed by atoms with Crippen LogP contribution in [0, 0.1) is 0 Å². The molecule has 6 rings (SSSR count). The Labute approximate surface area is 193 Å². The van der Waals surface area contributed by atoms with Crippen LogP contribution in [0.3, 0.4) is 0 Å². The number of fused-ring (bicyclic) bond motifs is 3. The molecule has 1 aromatic heterocycles. The van der Waals surface area contributed by atoms with E-state index in [2.05, 4.69) is 144 Å². The predicted octanol–water partition coefficient (Wildman–Crippen LogP) is 8.62. The monoisotopic (exact) mass is 421 g/mol. The quantitative estimate of drug-likeness (QED) is 0.251. The molecule has 0 amide bonds. The molecular weight excluding hydrogens is 398 g/mol. The van der Waals surface area contributed by atoms with Gasteiger partial charge < -0.3 is 4.57 Å². The Morgan fingerprint density at radius 2 is 1.03 bits per heavy atom. The number of nitrogens with zero attached hydrogens (tertiary/aromatic N) is 1. The summed E-state index contributed by atoms with van der Waals surface area (Å²) >= 11 is 0. The van der Waals surface area contributed by atoms with Crippen LogP contribution in [0.1, 0.15) is 11.1 Å². The fourth-order valence-electron chi connectivity index (χ4n) is 4.64. The van der Waals surface area contributed by atoms with Crippen molar-refractivity contribution in [3.8, 4) is 16.8 Å². The molecule has 0 spiro atoms. The van der Waals surface area contributed by atoms with E-state index in [1.54, 1.807) is 0 Å². The summed E-state index contributed by atoms with van der Waals surface area (Å²) in [5.41, 5.74) is 8.53. The molecule has 0 aliphatic heterocycles. The van der Waals surface area contributed by atoms with Crippen LogP contribution in [0.15, 0.2) is 127 Å². The normalized spacial score (nSPS) is 11.5. The Morgan fingerprint density at radius 1 is 0.455 bits per heavy atom. The van der Waals surface area contributed by atoms with Crippen molar-refractivity contribution in [1.82, 2.24) is 4.57 Å². The third-order valence-corrected chi connectivity index (χ3v) is 6.23. The molecule has 33 heavy (non-hydrogen) atoms. The summed E-state index contributed by atoms with van der Waals surface area (Å²) < 4.78 is 2.35. The van der Waals surface area contributed by atoms with E-state index >= 15 is 0 Å². The number of para-hydroxylation sites is 2. The second-order valence-electron chi connectivity index (χ2n) is 8.25. The summed E-state index contributed by atoms with van der Waals surface area (Å²) in [7, 11) is 0. The highest BCUT2D eigenvalue weighted by atomic mass is 15.0. The molecule has 0 atom stereocenters. The highest BCUT2D eigenvalue weighted by Gasteiger charge is 2.10. The lowest BCUT2D eigenvalue weighted by atomic mass is 9.99. The maximum atomic E-state index is 2.35. The van der Waals surface area contributed by atoms with Crippen molar-refractivity contribution < 1.29 is 0 Å². The number of benzene rings is 5. The van der Waals surface area contributed by atoms with Gasteiger partial charge in [-0.2, -0.15) is 0 Å². The maximum Gasteiger partial charge on any atom is 0.0541 e. The van der Waals surface area contributed by atoms with Gasteiger partial charge in [0, 0.05) is 16.5 Å². The van der Waals surface area contributed by atoms with Gasteiger partial charge in [-0.15, -0.1) is 0 Å². The zero-order chi connectivity index (χ0) is 22.0. The van der Waals surface area contributed by atoms with Gasteiger partial charge in [0.1, 0.15) is 0 Å². The molecule has 0 fully saturated rings. The smallest absolute Gasteiger partial charge is 0.0541 e. The molecule has 0 saturated carbocycles. The van der Waals surface area contributed by atoms with Crippen molar-refractivity contribution in [2.24, 2.45) is 0 Å². The van der Waals surface area contributed by atoms with E-state index in [1.807, 2.05) is 0 Å². The maximum absolute atomic E-state index is 2.35. The summed E-state index contributed by atoms with van der Waals surface area (Å²) in [5.74, 6) is 0. The molecule has 1 heterocycles. The minimum atomic E-state index is 1.18. The van der Waals surface area contributed by atoms with Crippen molar-refractivity contribution in [3.05, 3.63) is 139 Å². The zero-order valence-electron chi connectivity index (χ0n) is 18.2. The van der Waals surface area contributed by atoms with Crippen LogP contribution in [0.2, 0.25) is 0 Å². The third-order valence-electron chi connectivity index (χ3n) is 6.23. The SMILES string of the molecule is C(=Cc1ccccc1-c1ccccc1)c1ccc(-n2c3ccccc3c3ccccc32)cc1. The Hall–Kier alpha value is -4.36. The molecule has 0 aliphatic carbocycles. The molecule has 0 aliphatic rings. The van der Waals surface area contributed by atoms with Gasteiger partial charge in [0.05, 0.1) is 11.0 Å². The van der Waals surface area contributed by atoms with Gasteiger partial charge >= 0.3 is 0 Å². The number of aromatic nitrogens is 1. The molecule has 0 saturated heterocycles. The molecule has 0 N–H and O–H groups in total. The topological polar surface area (TPSA) is 4.93 Å². The summed E-state index contributed by atoms with van der Waals surface area (Å²) in [6.07, 6.45) is 4.40. The van der Waals surface area contributed by atoms with E-state index < -0.39 is 0 Å². The Bertz CT molecular complexity index is 1530. The average Bonchev–Trinajstić information content (AvgIpc) is 3.23. The first kappa shape index (κ1) is 19.3. The lowest BCUT2D eigenvalue weighted by Gasteiger charge is -2.08. The van der Waals surface area contributed by atoms with Crippen molar-refractivity contribution in [2.45, 2.75) is 0 Å². The molecule has 0 bridgehead atoms. The fraction of sp³-hybridized carbons (Fsp3) is 0. The van der Waals surface area contributed by atoms with Crippen LogP contribution < -0.4 is 0 Å². The van der Waals surface area contributed by atoms with Gasteiger partial charge in [0.15, 0.2) is 0 Å². The minimum absolute atomic E-state index is 1.18. The van der Waals surface area contributed by atoms with Crippen molar-refractivity contribution in [3.63, 3.8) is 0 Å². The predicted molar refractivity (Wildman–Crippen MR) is 142 cm³/mol. The van der Waals surface area contributed by atoms with Crippen LogP contribution in [-0.4, -0.2) is 4.57 Å². The summed E-state index contributed by atoms with van der Waals surface area (Å²) in [6.45, 7) is 0. The minimum Gasteiger partial charge on any atom is -0.309 e. The molecular formula is C32H23N. The molecule has 156 valence electrons. The molecule has 1 heteroatoms. The number of hydrogen-bond acceptors (Lipinski definition) is 0. The lowest BCUT2D eigenvalue weighted by Crippen LogP contribution is -1.93. The number of hydrogen-bond donors (Lipinski definition) is 0. The summed E-state index contributed by atoms with van der Waals surface area (Å²) in [5, 5.41) is 2.57. The highest BCUT2D eigenvalue weighted by molar-refractivity contribution is 6.09. The van der Waals surface area contributed by atoms with Crippen LogP contribution >= 0.6 is 0 Å². The first-order chi connectivity index (χ1) is 16.4. The van der Waals surface area contributed by atoms with Gasteiger partial charge in [-0.1, -0.05) is 115 Å². The van der Waals surface area contributed by atoms with E-state index in [4.69, 9.17) is 0 Å². The van der Waals surface area contributed by atoms with Gasteiger partial charge in [0.25, 0.3) is 0 Å². The van der Waals surface area contributed by atoms with Crippen LogP contribution in [0.5, 0.6) is 0 Å². The Kier molecular flexibility index (Phi) is 4.86. The molecule has 0 radical (unpaired) electrons. The van der Waals surface area contributed by atoms with E-state index in [0.29, 0.717) is 0 Å². The van der Waals surface area contributed by atoms with Gasteiger partial charge in [-0.05, 0) is 46.5 Å². The van der Waals surface area contributed by atoms with Crippen molar-refractivity contribution in [1.29, 1.82) is 0 Å². The lowest BCUT2D eigenvalue weighted by molar-refractivity contribution is 1.18. The zero-order valence-corrected chi connectivity index (χ0v) is 18.2. The van der Waals surface area contributed by atoms with Gasteiger partial charge in [-0.25, -0.2) is 0 Å². The van der Waals surface area contributed by atoms with Crippen molar-refractivity contribution in [2.75, 3.05) is 0 Å². The largest absolute Gasteiger partial charge is 0.309 e. The Morgan fingerprint density at radius 3 is 1.73 bits per heavy atom. The first-order valence-corrected chi connectivity index (χ1v) is 11.3. The van der Waals surface area contributed by atoms with Gasteiger partial charge in [-0.3, -0.25) is 0 Å². The highest BCUT2D eigenvalue weighted by Crippen LogP contribution is 2.32. The molecule has 6 aromatic rings. The second kappa shape index (κ2) is 8.29. The van der Waals surface area contributed by atoms with E-state index in [-0.39, 0.29) is 0 Å². The van der Waals surface area contributed by atoms with E-state index in [1.165, 1.54) is 49.7 Å². The number of rotatable bonds is 4. The van der Waals surface area contributed by atoms with E-state index in [9.17, 15) is 0 Å². The standard InChI is InChI=1S/C32H23N/c1-2-10-25(11-3-1)28-13-5-4-12-26(28)21-18-24-19-22-27(23-20-24)33-31-16-8-6-14-29(31)30-15-7-9-17-32(30)33/h1-23H. The van der Waals surface area contributed by atoms with Gasteiger partial charge in [0.2, 0.25) is 0 Å². The second-order valence-corrected chi connectivity index (χ2v) is 8.25. The molecule has 5 aromatic carbocycles. The van der Waals surface area contributed by atoms with Crippen LogP contribution in [-0.2, 0) is 0 Å².